The molecule has 0 bridgehead atoms. The summed E-state index contributed by atoms with van der Waals surface area (Å²) in [7, 11) is 0. The average Bonchev–Trinajstić information content (AvgIpc) is 2.74. The van der Waals surface area contributed by atoms with Gasteiger partial charge in [-0.05, 0) is 28.5 Å². The van der Waals surface area contributed by atoms with Gasteiger partial charge in [-0.2, -0.15) is 0 Å². The maximum absolute atomic E-state index is 7.31. The van der Waals surface area contributed by atoms with Gasteiger partial charge in [0.2, 0.25) is 0 Å². The first-order valence-electron chi connectivity index (χ1n) is 6.34. The second-order valence-corrected chi connectivity index (χ2v) is 6.91. The molecule has 0 saturated carbocycles. The molecule has 1 heterocycles. The van der Waals surface area contributed by atoms with Crippen LogP contribution in [0.5, 0.6) is 0 Å². The third-order valence-electron chi connectivity index (χ3n) is 3.46. The standard InChI is InChI=1S/C17H15NS/c1-17(2,3)11-8-9-12-15(10-11)19-14-7-5-6-13(18-4)16(12)14/h5-10H,1-3H3. The van der Waals surface area contributed by atoms with Crippen molar-refractivity contribution in [1.29, 1.82) is 0 Å². The summed E-state index contributed by atoms with van der Waals surface area (Å²) in [5.74, 6) is 0. The number of hydrogen-bond acceptors (Lipinski definition) is 1. The Balaban J connectivity index is 2.40. The lowest BCUT2D eigenvalue weighted by Crippen LogP contribution is -2.10. The van der Waals surface area contributed by atoms with Gasteiger partial charge in [0.1, 0.15) is 0 Å². The summed E-state index contributed by atoms with van der Waals surface area (Å²) in [4.78, 5) is 3.65. The molecule has 3 aromatic rings. The Kier molecular flexibility index (Phi) is 2.62. The fourth-order valence-corrected chi connectivity index (χ4v) is 3.53. The van der Waals surface area contributed by atoms with Crippen LogP contribution in [0.15, 0.2) is 36.4 Å². The van der Waals surface area contributed by atoms with Gasteiger partial charge in [-0.3, -0.25) is 0 Å². The van der Waals surface area contributed by atoms with E-state index >= 15 is 0 Å². The summed E-state index contributed by atoms with van der Waals surface area (Å²) in [5, 5.41) is 2.32. The van der Waals surface area contributed by atoms with Crippen LogP contribution in [0, 0.1) is 6.57 Å². The second-order valence-electron chi connectivity index (χ2n) is 5.83. The molecular weight excluding hydrogens is 250 g/mol. The summed E-state index contributed by atoms with van der Waals surface area (Å²) in [6, 6.07) is 12.6. The third kappa shape index (κ3) is 1.91. The van der Waals surface area contributed by atoms with Gasteiger partial charge in [0.15, 0.2) is 5.69 Å². The molecule has 0 radical (unpaired) electrons. The quantitative estimate of drug-likeness (QED) is 0.445. The van der Waals surface area contributed by atoms with Crippen LogP contribution >= 0.6 is 11.3 Å². The van der Waals surface area contributed by atoms with Crippen LogP contribution in [0.1, 0.15) is 26.3 Å². The molecule has 1 aromatic heterocycles. The molecule has 2 aromatic carbocycles. The van der Waals surface area contributed by atoms with E-state index < -0.39 is 0 Å². The Morgan fingerprint density at radius 1 is 1.05 bits per heavy atom. The van der Waals surface area contributed by atoms with Crippen LogP contribution in [0.2, 0.25) is 0 Å². The highest BCUT2D eigenvalue weighted by molar-refractivity contribution is 7.26. The van der Waals surface area contributed by atoms with Crippen molar-refractivity contribution in [3.63, 3.8) is 0 Å². The molecule has 0 spiro atoms. The highest BCUT2D eigenvalue weighted by atomic mass is 32.1. The summed E-state index contributed by atoms with van der Waals surface area (Å²) < 4.78 is 2.48. The lowest BCUT2D eigenvalue weighted by molar-refractivity contribution is 0.591. The normalized spacial score (nSPS) is 11.9. The number of benzene rings is 2. The number of nitrogens with zero attached hydrogens (tertiary/aromatic N) is 1. The molecule has 0 saturated heterocycles. The van der Waals surface area contributed by atoms with Crippen LogP contribution in [-0.2, 0) is 5.41 Å². The fourth-order valence-electron chi connectivity index (χ4n) is 2.37. The molecule has 0 fully saturated rings. The van der Waals surface area contributed by atoms with Crippen molar-refractivity contribution in [1.82, 2.24) is 0 Å². The highest BCUT2D eigenvalue weighted by Gasteiger charge is 2.16. The first-order valence-corrected chi connectivity index (χ1v) is 7.15. The Labute approximate surface area is 117 Å². The average molecular weight is 265 g/mol. The SMILES string of the molecule is [C-]#[N+]c1cccc2sc3cc(C(C)(C)C)ccc3c12. The topological polar surface area (TPSA) is 4.36 Å². The van der Waals surface area contributed by atoms with Gasteiger partial charge in [0.25, 0.3) is 0 Å². The molecule has 0 aliphatic carbocycles. The first-order chi connectivity index (χ1) is 9.00. The minimum atomic E-state index is 0.160. The van der Waals surface area contributed by atoms with E-state index in [4.69, 9.17) is 6.57 Å². The van der Waals surface area contributed by atoms with Crippen molar-refractivity contribution in [2.75, 3.05) is 0 Å². The van der Waals surface area contributed by atoms with Gasteiger partial charge in [0.05, 0.1) is 6.57 Å². The van der Waals surface area contributed by atoms with E-state index in [0.29, 0.717) is 0 Å². The smallest absolute Gasteiger partial charge is 0.196 e. The lowest BCUT2D eigenvalue weighted by atomic mass is 9.87. The molecule has 94 valence electrons. The minimum Gasteiger partial charge on any atom is -0.237 e. The maximum Gasteiger partial charge on any atom is 0.196 e. The molecule has 0 atom stereocenters. The number of rotatable bonds is 0. The minimum absolute atomic E-state index is 0.160. The third-order valence-corrected chi connectivity index (χ3v) is 4.58. The number of fused-ring (bicyclic) bond motifs is 3. The van der Waals surface area contributed by atoms with Crippen LogP contribution in [-0.4, -0.2) is 0 Å². The molecule has 0 amide bonds. The predicted molar refractivity (Wildman–Crippen MR) is 84.3 cm³/mol. The first kappa shape index (κ1) is 12.2. The van der Waals surface area contributed by atoms with E-state index in [1.54, 1.807) is 11.3 Å². The van der Waals surface area contributed by atoms with E-state index in [1.807, 2.05) is 12.1 Å². The van der Waals surface area contributed by atoms with E-state index in [2.05, 4.69) is 49.9 Å². The van der Waals surface area contributed by atoms with E-state index in [1.165, 1.54) is 20.3 Å². The van der Waals surface area contributed by atoms with Crippen molar-refractivity contribution in [2.24, 2.45) is 0 Å². The Hall–Kier alpha value is -1.85. The van der Waals surface area contributed by atoms with Gasteiger partial charge in [0, 0.05) is 14.8 Å². The summed E-state index contributed by atoms with van der Waals surface area (Å²) >= 11 is 1.78. The van der Waals surface area contributed by atoms with Gasteiger partial charge in [-0.15, -0.1) is 11.3 Å². The summed E-state index contributed by atoms with van der Waals surface area (Å²) in [6.07, 6.45) is 0. The molecule has 0 unspecified atom stereocenters. The van der Waals surface area contributed by atoms with E-state index in [-0.39, 0.29) is 5.41 Å². The van der Waals surface area contributed by atoms with Gasteiger partial charge < -0.3 is 0 Å². The fraction of sp³-hybridized carbons (Fsp3) is 0.235. The van der Waals surface area contributed by atoms with Crippen molar-refractivity contribution >= 4 is 37.2 Å². The lowest BCUT2D eigenvalue weighted by Gasteiger charge is -2.18. The maximum atomic E-state index is 7.31. The largest absolute Gasteiger partial charge is 0.237 e. The second kappa shape index (κ2) is 4.08. The number of hydrogen-bond donors (Lipinski definition) is 0. The molecule has 3 rings (SSSR count). The van der Waals surface area contributed by atoms with E-state index in [0.717, 1.165) is 11.1 Å². The monoisotopic (exact) mass is 265 g/mol. The van der Waals surface area contributed by atoms with Gasteiger partial charge in [-0.1, -0.05) is 45.0 Å². The highest BCUT2D eigenvalue weighted by Crippen LogP contribution is 2.40. The van der Waals surface area contributed by atoms with Crippen LogP contribution in [0.4, 0.5) is 5.69 Å². The molecule has 19 heavy (non-hydrogen) atoms. The molecule has 1 nitrogen and oxygen atoms in total. The van der Waals surface area contributed by atoms with Crippen LogP contribution < -0.4 is 0 Å². The molecule has 0 N–H and O–H groups in total. The Morgan fingerprint density at radius 3 is 2.53 bits per heavy atom. The molecule has 0 aliphatic heterocycles. The van der Waals surface area contributed by atoms with Gasteiger partial charge in [-0.25, -0.2) is 4.85 Å². The zero-order valence-corrected chi connectivity index (χ0v) is 12.1. The molecular formula is C17H15NS. The van der Waals surface area contributed by atoms with Crippen molar-refractivity contribution < 1.29 is 0 Å². The Bertz CT molecular complexity index is 813. The van der Waals surface area contributed by atoms with Crippen LogP contribution in [0.25, 0.3) is 25.0 Å². The van der Waals surface area contributed by atoms with Crippen LogP contribution in [0.3, 0.4) is 0 Å². The summed E-state index contributed by atoms with van der Waals surface area (Å²) in [6.45, 7) is 14.0. The van der Waals surface area contributed by atoms with Crippen molar-refractivity contribution in [3.05, 3.63) is 53.4 Å². The molecule has 2 heteroatoms. The number of thiophene rings is 1. The Morgan fingerprint density at radius 2 is 1.84 bits per heavy atom. The van der Waals surface area contributed by atoms with Crippen molar-refractivity contribution in [3.8, 4) is 0 Å². The predicted octanol–water partition coefficient (Wildman–Crippen LogP) is 5.90. The van der Waals surface area contributed by atoms with Gasteiger partial charge >= 0.3 is 0 Å². The summed E-state index contributed by atoms with van der Waals surface area (Å²) in [5.41, 5.74) is 2.26. The zero-order chi connectivity index (χ0) is 13.6. The zero-order valence-electron chi connectivity index (χ0n) is 11.3. The van der Waals surface area contributed by atoms with Crippen molar-refractivity contribution in [2.45, 2.75) is 26.2 Å². The molecule has 0 aliphatic rings. The van der Waals surface area contributed by atoms with E-state index in [9.17, 15) is 0 Å².